The molecule has 0 saturated carbocycles. The molecule has 1 aliphatic heterocycles. The molecular weight excluding hydrogens is 362 g/mol. The van der Waals surface area contributed by atoms with E-state index in [1.807, 2.05) is 6.07 Å². The van der Waals surface area contributed by atoms with Crippen molar-refractivity contribution in [1.82, 2.24) is 19.5 Å². The number of methoxy groups -OCH3 is 1. The molecule has 28 heavy (non-hydrogen) atoms. The number of nitrogens with zero attached hydrogens (tertiary/aromatic N) is 4. The van der Waals surface area contributed by atoms with Gasteiger partial charge in [0.15, 0.2) is 23.2 Å². The summed E-state index contributed by atoms with van der Waals surface area (Å²) in [4.78, 5) is 25.1. The molecule has 146 valence electrons. The van der Waals surface area contributed by atoms with E-state index < -0.39 is 30.9 Å². The van der Waals surface area contributed by atoms with Gasteiger partial charge in [0.2, 0.25) is 0 Å². The Morgan fingerprint density at radius 3 is 2.86 bits per heavy atom. The first-order valence-corrected chi connectivity index (χ1v) is 8.71. The third-order valence-corrected chi connectivity index (χ3v) is 4.67. The van der Waals surface area contributed by atoms with Crippen molar-refractivity contribution in [2.24, 2.45) is 0 Å². The van der Waals surface area contributed by atoms with Gasteiger partial charge in [0, 0.05) is 15.4 Å². The molecule has 2 aromatic heterocycles. The van der Waals surface area contributed by atoms with Crippen LogP contribution in [0.5, 0.6) is 0 Å². The summed E-state index contributed by atoms with van der Waals surface area (Å²) in [7, 11) is 1.41. The van der Waals surface area contributed by atoms with Crippen LogP contribution in [0.1, 0.15) is 32.6 Å². The summed E-state index contributed by atoms with van der Waals surface area (Å²) in [5.41, 5.74) is 1.15. The molecule has 1 aliphatic rings. The molecule has 1 saturated heterocycles. The normalized spacial score (nSPS) is 26.1. The van der Waals surface area contributed by atoms with Crippen LogP contribution in [0.15, 0.2) is 43.0 Å². The molecule has 1 unspecified atom stereocenters. The Kier molecular flexibility index (Phi) is 4.39. The summed E-state index contributed by atoms with van der Waals surface area (Å²) in [6.45, 7) is 1.33. The monoisotopic (exact) mass is 385 g/mol. The topological polar surface area (TPSA) is 111 Å². The fourth-order valence-corrected chi connectivity index (χ4v) is 3.27. The van der Waals surface area contributed by atoms with Crippen LogP contribution in [-0.2, 0) is 9.47 Å². The van der Waals surface area contributed by atoms with E-state index in [1.165, 1.54) is 31.3 Å². The van der Waals surface area contributed by atoms with E-state index >= 15 is 0 Å². The lowest BCUT2D eigenvalue weighted by Gasteiger charge is -2.19. The van der Waals surface area contributed by atoms with Gasteiger partial charge in [0.1, 0.15) is 18.5 Å². The van der Waals surface area contributed by atoms with Crippen molar-refractivity contribution < 1.29 is 22.1 Å². The summed E-state index contributed by atoms with van der Waals surface area (Å²) in [5.74, 6) is -0.116. The highest BCUT2D eigenvalue weighted by molar-refractivity contribution is 6.06. The minimum absolute atomic E-state index is 0.225. The Bertz CT molecular complexity index is 1060. The Balaban J connectivity index is 1.67. The third kappa shape index (κ3) is 3.13. The van der Waals surface area contributed by atoms with E-state index in [4.69, 9.17) is 12.2 Å². The van der Waals surface area contributed by atoms with E-state index in [0.717, 1.165) is 0 Å². The van der Waals surface area contributed by atoms with Crippen LogP contribution < -0.4 is 5.32 Å². The van der Waals surface area contributed by atoms with Gasteiger partial charge in [-0.05, 0) is 18.5 Å². The van der Waals surface area contributed by atoms with E-state index in [9.17, 15) is 9.90 Å². The molecular formula is C19H21N5O4. The average molecular weight is 385 g/mol. The minimum atomic E-state index is -1.79. The fourth-order valence-electron chi connectivity index (χ4n) is 3.27. The summed E-state index contributed by atoms with van der Waals surface area (Å²) in [6, 6.07) is 8.70. The standard InChI is InChI=1S/C19H21N5O4/c1-3-12-14(25)15(27-2)19(28-12)24-10-22-13-16(20-9-21-17(13)24)23-18(26)11-7-5-4-6-8-11/h4-10,12,14-15,19,25H,3H2,1-2H3,(H,20,21,23,26)/t12-,14+,15?,19-/m1/s1/i3D2. The number of hydrogen-bond acceptors (Lipinski definition) is 7. The van der Waals surface area contributed by atoms with Gasteiger partial charge in [0.05, 0.1) is 12.4 Å². The molecule has 3 aromatic rings. The van der Waals surface area contributed by atoms with Crippen molar-refractivity contribution in [3.8, 4) is 0 Å². The Labute approximate surface area is 164 Å². The van der Waals surface area contributed by atoms with E-state index in [2.05, 4.69) is 20.3 Å². The predicted octanol–water partition coefficient (Wildman–Crippen LogP) is 1.76. The second-order valence-electron chi connectivity index (χ2n) is 6.29. The fraction of sp³-hybridized carbons (Fsp3) is 0.368. The molecule has 1 fully saturated rings. The molecule has 2 N–H and O–H groups in total. The largest absolute Gasteiger partial charge is 0.388 e. The van der Waals surface area contributed by atoms with Gasteiger partial charge in [-0.1, -0.05) is 25.1 Å². The first kappa shape index (κ1) is 16.1. The number of rotatable bonds is 5. The second kappa shape index (κ2) is 7.63. The Morgan fingerprint density at radius 1 is 1.36 bits per heavy atom. The van der Waals surface area contributed by atoms with Gasteiger partial charge in [-0.25, -0.2) is 15.0 Å². The highest BCUT2D eigenvalue weighted by Gasteiger charge is 2.44. The molecule has 0 aliphatic carbocycles. The number of aliphatic hydroxyl groups is 1. The van der Waals surface area contributed by atoms with Crippen molar-refractivity contribution in [2.45, 2.75) is 37.8 Å². The number of hydrogen-bond donors (Lipinski definition) is 2. The van der Waals surface area contributed by atoms with Gasteiger partial charge in [-0.2, -0.15) is 0 Å². The van der Waals surface area contributed by atoms with Crippen LogP contribution in [-0.4, -0.2) is 56.0 Å². The summed E-state index contributed by atoms with van der Waals surface area (Å²) >= 11 is 0. The highest BCUT2D eigenvalue weighted by atomic mass is 16.6. The summed E-state index contributed by atoms with van der Waals surface area (Å²) in [5, 5.41) is 13.2. The van der Waals surface area contributed by atoms with E-state index in [1.54, 1.807) is 24.3 Å². The van der Waals surface area contributed by atoms with Crippen molar-refractivity contribution >= 4 is 22.9 Å². The smallest absolute Gasteiger partial charge is 0.256 e. The maximum Gasteiger partial charge on any atom is 0.256 e. The minimum Gasteiger partial charge on any atom is -0.388 e. The van der Waals surface area contributed by atoms with Crippen LogP contribution in [0.3, 0.4) is 0 Å². The number of aromatic nitrogens is 4. The van der Waals surface area contributed by atoms with Gasteiger partial charge in [-0.3, -0.25) is 9.36 Å². The zero-order valence-corrected chi connectivity index (χ0v) is 15.3. The van der Waals surface area contributed by atoms with Gasteiger partial charge in [-0.15, -0.1) is 0 Å². The number of nitrogens with one attached hydrogen (secondary N) is 1. The van der Waals surface area contributed by atoms with E-state index in [0.29, 0.717) is 16.7 Å². The zero-order chi connectivity index (χ0) is 21.5. The number of aliphatic hydroxyl groups excluding tert-OH is 1. The number of benzene rings is 1. The lowest BCUT2D eigenvalue weighted by molar-refractivity contribution is -0.0497. The second-order valence-corrected chi connectivity index (χ2v) is 6.29. The van der Waals surface area contributed by atoms with Crippen molar-refractivity contribution in [1.29, 1.82) is 0 Å². The maximum absolute atomic E-state index is 12.5. The first-order chi connectivity index (χ1) is 14.3. The Morgan fingerprint density at radius 2 is 2.14 bits per heavy atom. The zero-order valence-electron chi connectivity index (χ0n) is 17.3. The van der Waals surface area contributed by atoms with Gasteiger partial charge in [0.25, 0.3) is 5.91 Å². The number of anilines is 1. The number of ether oxygens (including phenoxy) is 2. The first-order valence-electron chi connectivity index (χ1n) is 9.71. The molecule has 4 rings (SSSR count). The molecule has 0 spiro atoms. The lowest BCUT2D eigenvalue weighted by atomic mass is 10.1. The lowest BCUT2D eigenvalue weighted by Crippen LogP contribution is -2.33. The van der Waals surface area contributed by atoms with Crippen LogP contribution in [0, 0.1) is 0 Å². The number of amides is 1. The highest BCUT2D eigenvalue weighted by Crippen LogP contribution is 2.34. The molecule has 1 amide bonds. The van der Waals surface area contributed by atoms with Crippen molar-refractivity contribution in [2.75, 3.05) is 12.4 Å². The van der Waals surface area contributed by atoms with Gasteiger partial charge >= 0.3 is 0 Å². The Hall–Kier alpha value is -2.88. The average Bonchev–Trinajstić information content (AvgIpc) is 3.29. The summed E-state index contributed by atoms with van der Waals surface area (Å²) in [6.07, 6.45) is -3.03. The molecule has 0 radical (unpaired) electrons. The SMILES string of the molecule is [2H]C([2H])(C)[C@H]1O[C@@H](n2cnc3c(NC(=O)c4ccccc4)ncnc32)C(OC)[C@H]1O. The van der Waals surface area contributed by atoms with Gasteiger partial charge < -0.3 is 19.9 Å². The van der Waals surface area contributed by atoms with Crippen LogP contribution >= 0.6 is 0 Å². The number of carbonyl (C=O) groups excluding carboxylic acids is 1. The van der Waals surface area contributed by atoms with Crippen LogP contribution in [0.4, 0.5) is 5.82 Å². The summed E-state index contributed by atoms with van der Waals surface area (Å²) < 4.78 is 28.6. The molecule has 0 bridgehead atoms. The molecule has 1 aromatic carbocycles. The molecule has 4 atom stereocenters. The predicted molar refractivity (Wildman–Crippen MR) is 101 cm³/mol. The van der Waals surface area contributed by atoms with Crippen LogP contribution in [0.2, 0.25) is 0 Å². The molecule has 3 heterocycles. The molecule has 9 nitrogen and oxygen atoms in total. The van der Waals surface area contributed by atoms with Crippen LogP contribution in [0.25, 0.3) is 11.2 Å². The number of imidazole rings is 1. The van der Waals surface area contributed by atoms with Crippen molar-refractivity contribution in [3.63, 3.8) is 0 Å². The van der Waals surface area contributed by atoms with E-state index in [-0.39, 0.29) is 11.7 Å². The maximum atomic E-state index is 12.5. The van der Waals surface area contributed by atoms with Crippen molar-refractivity contribution in [3.05, 3.63) is 48.5 Å². The number of carbonyl (C=O) groups is 1. The third-order valence-electron chi connectivity index (χ3n) is 4.67. The number of fused-ring (bicyclic) bond motifs is 1. The quantitative estimate of drug-likeness (QED) is 0.688. The molecule has 9 heteroatoms.